The van der Waals surface area contributed by atoms with Crippen LogP contribution in [0, 0.1) is 11.6 Å². The summed E-state index contributed by atoms with van der Waals surface area (Å²) < 4.78 is 28.9. The van der Waals surface area contributed by atoms with E-state index in [1.54, 1.807) is 28.1 Å². The zero-order valence-corrected chi connectivity index (χ0v) is 15.7. The smallest absolute Gasteiger partial charge is 0.186 e. The Morgan fingerprint density at radius 1 is 1.25 bits per heavy atom. The Bertz CT molecular complexity index is 1310. The number of H-pyrrole nitrogens is 1. The van der Waals surface area contributed by atoms with Gasteiger partial charge in [0.05, 0.1) is 29.6 Å². The second-order valence-corrected chi connectivity index (χ2v) is 7.23. The van der Waals surface area contributed by atoms with E-state index in [4.69, 9.17) is 11.6 Å². The summed E-state index contributed by atoms with van der Waals surface area (Å²) in [7, 11) is 0. The number of fused-ring (bicyclic) bond motifs is 2. The van der Waals surface area contributed by atoms with Crippen LogP contribution >= 0.6 is 22.9 Å². The molecule has 0 saturated carbocycles. The molecule has 0 atom stereocenters. The summed E-state index contributed by atoms with van der Waals surface area (Å²) in [5.74, 6) is -1.45. The summed E-state index contributed by atoms with van der Waals surface area (Å²) in [6, 6.07) is 6.15. The number of thiophene rings is 1. The fraction of sp³-hybridized carbons (Fsp3) is 0.0556. The Kier molecular flexibility index (Phi) is 3.99. The average Bonchev–Trinajstić information content (AvgIpc) is 3.41. The van der Waals surface area contributed by atoms with Gasteiger partial charge in [-0.15, -0.1) is 0 Å². The molecular formula is C18H11ClF2N6S. The fourth-order valence-electron chi connectivity index (χ4n) is 3.01. The minimum Gasteiger partial charge on any atom is -0.375 e. The summed E-state index contributed by atoms with van der Waals surface area (Å²) in [5, 5.41) is 11.8. The molecule has 0 aliphatic rings. The maximum atomic E-state index is 13.9. The van der Waals surface area contributed by atoms with Gasteiger partial charge in [-0.25, -0.2) is 23.3 Å². The molecule has 6 nitrogen and oxygen atoms in total. The van der Waals surface area contributed by atoms with E-state index in [-0.39, 0.29) is 12.1 Å². The van der Waals surface area contributed by atoms with Gasteiger partial charge in [-0.05, 0) is 23.6 Å². The molecule has 5 aromatic rings. The quantitative estimate of drug-likeness (QED) is 0.438. The molecule has 0 aliphatic heterocycles. The van der Waals surface area contributed by atoms with Crippen LogP contribution in [0.3, 0.4) is 0 Å². The highest BCUT2D eigenvalue weighted by atomic mass is 35.5. The minimum atomic E-state index is -0.969. The maximum Gasteiger partial charge on any atom is 0.186 e. The van der Waals surface area contributed by atoms with Crippen LogP contribution in [0.1, 0.15) is 5.82 Å². The number of hydrogen-bond donors (Lipinski definition) is 2. The first-order chi connectivity index (χ1) is 13.6. The van der Waals surface area contributed by atoms with Gasteiger partial charge >= 0.3 is 0 Å². The van der Waals surface area contributed by atoms with Crippen LogP contribution in [0.25, 0.3) is 27.9 Å². The number of hydrogen-bond acceptors (Lipinski definition) is 5. The van der Waals surface area contributed by atoms with Gasteiger partial charge in [-0.2, -0.15) is 16.4 Å². The molecule has 0 bridgehead atoms. The molecule has 1 aromatic carbocycles. The lowest BCUT2D eigenvalue weighted by molar-refractivity contribution is 0.515. The van der Waals surface area contributed by atoms with E-state index in [1.165, 1.54) is 6.07 Å². The first-order valence-electron chi connectivity index (χ1n) is 8.23. The molecule has 28 heavy (non-hydrogen) atoms. The number of nitrogens with one attached hydrogen (secondary N) is 2. The molecule has 5 rings (SSSR count). The van der Waals surface area contributed by atoms with Crippen molar-refractivity contribution in [1.29, 1.82) is 0 Å². The van der Waals surface area contributed by atoms with E-state index in [2.05, 4.69) is 25.4 Å². The normalized spacial score (nSPS) is 11.5. The Hall–Kier alpha value is -3.04. The fourth-order valence-corrected chi connectivity index (χ4v) is 3.84. The number of halogens is 3. The number of benzene rings is 1. The lowest BCUT2D eigenvalue weighted by Crippen LogP contribution is -2.05. The lowest BCUT2D eigenvalue weighted by atomic mass is 10.3. The van der Waals surface area contributed by atoms with Gasteiger partial charge in [-0.3, -0.25) is 0 Å². The molecule has 0 amide bonds. The third-order valence-electron chi connectivity index (χ3n) is 4.30. The Balaban J connectivity index is 1.49. The SMILES string of the molecule is Fc1ccc2[nH]c(CNc3cc(Cl)nn4c(-c5ccsc5)cnc34)nc2c1F. The van der Waals surface area contributed by atoms with Gasteiger partial charge in [0.25, 0.3) is 0 Å². The van der Waals surface area contributed by atoms with Crippen molar-refractivity contribution < 1.29 is 8.78 Å². The van der Waals surface area contributed by atoms with Crippen molar-refractivity contribution in [1.82, 2.24) is 24.6 Å². The molecule has 0 unspecified atom stereocenters. The average molecular weight is 417 g/mol. The van der Waals surface area contributed by atoms with E-state index in [0.717, 1.165) is 17.3 Å². The number of anilines is 1. The minimum absolute atomic E-state index is 0.0322. The Morgan fingerprint density at radius 2 is 2.14 bits per heavy atom. The number of aromatic amines is 1. The topological polar surface area (TPSA) is 70.9 Å². The van der Waals surface area contributed by atoms with Gasteiger partial charge < -0.3 is 10.3 Å². The molecule has 0 radical (unpaired) electrons. The zero-order chi connectivity index (χ0) is 19.3. The number of nitrogens with zero attached hydrogens (tertiary/aromatic N) is 4. The summed E-state index contributed by atoms with van der Waals surface area (Å²) >= 11 is 7.77. The van der Waals surface area contributed by atoms with Gasteiger partial charge in [-0.1, -0.05) is 11.6 Å². The van der Waals surface area contributed by atoms with Crippen LogP contribution in [0.5, 0.6) is 0 Å². The first kappa shape index (κ1) is 17.1. The van der Waals surface area contributed by atoms with Gasteiger partial charge in [0.1, 0.15) is 11.3 Å². The van der Waals surface area contributed by atoms with Crippen molar-refractivity contribution in [3.63, 3.8) is 0 Å². The number of imidazole rings is 2. The molecule has 140 valence electrons. The van der Waals surface area contributed by atoms with E-state index < -0.39 is 11.6 Å². The number of rotatable bonds is 4. The molecule has 0 fully saturated rings. The molecular weight excluding hydrogens is 406 g/mol. The van der Waals surface area contributed by atoms with Crippen LogP contribution in [0.15, 0.2) is 41.2 Å². The van der Waals surface area contributed by atoms with Crippen LogP contribution in [-0.2, 0) is 6.54 Å². The van der Waals surface area contributed by atoms with E-state index in [1.807, 2.05) is 16.8 Å². The molecule has 0 aliphatic carbocycles. The van der Waals surface area contributed by atoms with Gasteiger partial charge in [0.2, 0.25) is 0 Å². The lowest BCUT2D eigenvalue weighted by Gasteiger charge is -2.07. The summed E-state index contributed by atoms with van der Waals surface area (Å²) in [4.78, 5) is 11.5. The molecule has 0 spiro atoms. The maximum absolute atomic E-state index is 13.9. The third-order valence-corrected chi connectivity index (χ3v) is 5.16. The van der Waals surface area contributed by atoms with Crippen LogP contribution in [-0.4, -0.2) is 24.6 Å². The predicted octanol–water partition coefficient (Wildman–Crippen LogP) is 4.88. The first-order valence-corrected chi connectivity index (χ1v) is 9.55. The zero-order valence-electron chi connectivity index (χ0n) is 14.1. The monoisotopic (exact) mass is 416 g/mol. The second-order valence-electron chi connectivity index (χ2n) is 6.07. The van der Waals surface area contributed by atoms with Crippen molar-refractivity contribution in [2.45, 2.75) is 6.54 Å². The third kappa shape index (κ3) is 2.79. The van der Waals surface area contributed by atoms with Crippen molar-refractivity contribution in [3.8, 4) is 11.3 Å². The largest absolute Gasteiger partial charge is 0.375 e. The molecule has 0 saturated heterocycles. The van der Waals surface area contributed by atoms with E-state index in [0.29, 0.717) is 27.8 Å². The highest BCUT2D eigenvalue weighted by Gasteiger charge is 2.15. The highest BCUT2D eigenvalue weighted by molar-refractivity contribution is 7.08. The number of aromatic nitrogens is 5. The van der Waals surface area contributed by atoms with Gasteiger partial charge in [0, 0.05) is 17.0 Å². The van der Waals surface area contributed by atoms with Crippen LogP contribution in [0.4, 0.5) is 14.5 Å². The van der Waals surface area contributed by atoms with Crippen LogP contribution in [0.2, 0.25) is 5.15 Å². The molecule has 4 aromatic heterocycles. The Morgan fingerprint density at radius 3 is 2.96 bits per heavy atom. The van der Waals surface area contributed by atoms with Crippen molar-refractivity contribution in [2.24, 2.45) is 0 Å². The van der Waals surface area contributed by atoms with Crippen LogP contribution < -0.4 is 5.32 Å². The summed E-state index contributed by atoms with van der Waals surface area (Å²) in [5.41, 5.74) is 3.45. The molecule has 10 heteroatoms. The molecule has 2 N–H and O–H groups in total. The van der Waals surface area contributed by atoms with Gasteiger partial charge in [0.15, 0.2) is 22.4 Å². The summed E-state index contributed by atoms with van der Waals surface area (Å²) in [6.45, 7) is 0.242. The van der Waals surface area contributed by atoms with Crippen molar-refractivity contribution >= 4 is 45.3 Å². The predicted molar refractivity (Wildman–Crippen MR) is 105 cm³/mol. The van der Waals surface area contributed by atoms with Crippen molar-refractivity contribution in [3.05, 3.63) is 63.8 Å². The standard InChI is InChI=1S/C18H11ClF2N6S/c19-14-5-12(18-23-6-13(27(18)26-14)9-3-4-28-8-9)22-7-15-24-11-2-1-10(20)16(21)17(11)25-15/h1-6,8,22H,7H2,(H,24,25). The van der Waals surface area contributed by atoms with E-state index in [9.17, 15) is 8.78 Å². The Labute approximate surface area is 165 Å². The molecule has 4 heterocycles. The summed E-state index contributed by atoms with van der Waals surface area (Å²) in [6.07, 6.45) is 1.73. The highest BCUT2D eigenvalue weighted by Crippen LogP contribution is 2.27. The van der Waals surface area contributed by atoms with Crippen molar-refractivity contribution in [2.75, 3.05) is 5.32 Å². The van der Waals surface area contributed by atoms with E-state index >= 15 is 0 Å². The second kappa shape index (κ2) is 6.54.